The number of hydrogen-bond acceptors (Lipinski definition) is 10. The van der Waals surface area contributed by atoms with Crippen molar-refractivity contribution < 1.29 is 28.5 Å². The summed E-state index contributed by atoms with van der Waals surface area (Å²) < 4.78 is 22.4. The predicted molar refractivity (Wildman–Crippen MR) is 252 cm³/mol. The maximum Gasteiger partial charge on any atom is 0.410 e. The normalized spacial score (nSPS) is 19.9. The Bertz CT molecular complexity index is 2650. The van der Waals surface area contributed by atoms with Crippen molar-refractivity contribution in [1.29, 1.82) is 0 Å². The van der Waals surface area contributed by atoms with Gasteiger partial charge in [-0.25, -0.2) is 9.59 Å². The van der Waals surface area contributed by atoms with Crippen LogP contribution in [-0.4, -0.2) is 107 Å². The zero-order valence-corrected chi connectivity index (χ0v) is 38.4. The third-order valence-electron chi connectivity index (χ3n) is 13.6. The summed E-state index contributed by atoms with van der Waals surface area (Å²) >= 11 is 5.99. The van der Waals surface area contributed by atoms with E-state index in [4.69, 9.17) is 30.5 Å². The van der Waals surface area contributed by atoms with E-state index in [1.165, 1.54) is 22.3 Å². The Morgan fingerprint density at radius 1 is 0.585 bits per heavy atom. The quantitative estimate of drug-likeness (QED) is 0.132. The van der Waals surface area contributed by atoms with Crippen LogP contribution in [0.5, 0.6) is 11.5 Å². The summed E-state index contributed by atoms with van der Waals surface area (Å²) in [5.74, 6) is 1.54. The molecular formula is C52H57ClN6O6. The van der Waals surface area contributed by atoms with Crippen LogP contribution in [0.4, 0.5) is 9.59 Å². The fourth-order valence-corrected chi connectivity index (χ4v) is 9.90. The minimum absolute atomic E-state index is 0.205. The zero-order valence-electron chi connectivity index (χ0n) is 37.6. The molecule has 338 valence electrons. The lowest BCUT2D eigenvalue weighted by Crippen LogP contribution is -2.45. The van der Waals surface area contributed by atoms with Gasteiger partial charge in [0.1, 0.15) is 23.7 Å². The second kappa shape index (κ2) is 19.7. The number of fused-ring (bicyclic) bond motifs is 2. The summed E-state index contributed by atoms with van der Waals surface area (Å²) in [5.41, 5.74) is 9.00. The minimum Gasteiger partial charge on any atom is -0.497 e. The topological polar surface area (TPSA) is 110 Å². The van der Waals surface area contributed by atoms with Crippen LogP contribution in [0.3, 0.4) is 0 Å². The number of amides is 2. The van der Waals surface area contributed by atoms with Crippen molar-refractivity contribution in [3.05, 3.63) is 142 Å². The van der Waals surface area contributed by atoms with Gasteiger partial charge in [-0.05, 0) is 122 Å². The first-order chi connectivity index (χ1) is 31.6. The number of cyclic esters (lactones) is 2. The van der Waals surface area contributed by atoms with Crippen LogP contribution < -0.4 is 9.47 Å². The summed E-state index contributed by atoms with van der Waals surface area (Å²) in [4.78, 5) is 43.2. The van der Waals surface area contributed by atoms with Crippen LogP contribution in [0.2, 0.25) is 5.02 Å². The molecule has 65 heavy (non-hydrogen) atoms. The standard InChI is InChI=1S/C27H31N3O3.C25H26ClN3O3/c1-18-4-5-20(14-19(18)2)16-29-12-9-21(10-13-29)30-17-26(33-27(30)31)23-8-11-28-25-7-6-22(32-3)15-24(23)25;1-31-20-6-7-23-22(14-20)21(8-11-27-23)24-16-29(25(30)32-24)19-9-12-28(13-10-19)15-17-2-4-18(26)5-3-17/h4-8,11,14-15,21,26H,9-10,12-13,16-17H2,1-3H3;2-8,11,14,19,24H,9-10,12-13,15-16H2,1H3. The highest BCUT2D eigenvalue weighted by Crippen LogP contribution is 2.37. The molecule has 12 nitrogen and oxygen atoms in total. The Hall–Kier alpha value is -5.95. The van der Waals surface area contributed by atoms with E-state index in [0.29, 0.717) is 13.1 Å². The number of carbonyl (C=O) groups excluding carboxylic acids is 2. The van der Waals surface area contributed by atoms with E-state index in [-0.39, 0.29) is 36.5 Å². The molecule has 0 radical (unpaired) electrons. The molecule has 10 rings (SSSR count). The number of piperidine rings is 2. The molecule has 2 amide bonds. The Morgan fingerprint density at radius 2 is 1.05 bits per heavy atom. The van der Waals surface area contributed by atoms with Crippen LogP contribution in [-0.2, 0) is 22.6 Å². The average molecular weight is 898 g/mol. The van der Waals surface area contributed by atoms with Gasteiger partial charge in [0.15, 0.2) is 0 Å². The molecule has 4 aliphatic heterocycles. The van der Waals surface area contributed by atoms with E-state index in [2.05, 4.69) is 63.9 Å². The van der Waals surface area contributed by atoms with Crippen molar-refractivity contribution in [2.45, 2.75) is 76.9 Å². The molecule has 6 heterocycles. The van der Waals surface area contributed by atoms with Crippen molar-refractivity contribution >= 4 is 45.6 Å². The highest BCUT2D eigenvalue weighted by molar-refractivity contribution is 6.30. The molecule has 6 aromatic rings. The fourth-order valence-electron chi connectivity index (χ4n) is 9.77. The van der Waals surface area contributed by atoms with Crippen molar-refractivity contribution in [1.82, 2.24) is 29.6 Å². The molecule has 13 heteroatoms. The maximum absolute atomic E-state index is 12.8. The first kappa shape index (κ1) is 44.3. The highest BCUT2D eigenvalue weighted by Gasteiger charge is 2.40. The number of aromatic nitrogens is 2. The number of aryl methyl sites for hydroxylation is 2. The fraction of sp³-hybridized carbons (Fsp3) is 0.385. The van der Waals surface area contributed by atoms with E-state index in [9.17, 15) is 9.59 Å². The summed E-state index contributed by atoms with van der Waals surface area (Å²) in [7, 11) is 3.30. The van der Waals surface area contributed by atoms with Gasteiger partial charge < -0.3 is 28.7 Å². The number of halogens is 1. The van der Waals surface area contributed by atoms with Gasteiger partial charge in [-0.2, -0.15) is 0 Å². The Labute approximate surface area is 386 Å². The summed E-state index contributed by atoms with van der Waals surface area (Å²) in [5, 5.41) is 2.69. The summed E-state index contributed by atoms with van der Waals surface area (Å²) in [6.45, 7) is 11.2. The highest BCUT2D eigenvalue weighted by atomic mass is 35.5. The molecule has 4 aromatic carbocycles. The number of benzene rings is 4. The molecule has 4 fully saturated rings. The monoisotopic (exact) mass is 896 g/mol. The Morgan fingerprint density at radius 3 is 1.51 bits per heavy atom. The number of nitrogens with zero attached hydrogens (tertiary/aromatic N) is 6. The molecule has 4 aliphatic rings. The predicted octanol–water partition coefficient (Wildman–Crippen LogP) is 10.1. The van der Waals surface area contributed by atoms with E-state index >= 15 is 0 Å². The number of pyridine rings is 2. The number of hydrogen-bond donors (Lipinski definition) is 0. The SMILES string of the molecule is COc1ccc2nccc(C3CN(C4CCN(Cc5ccc(C)c(C)c5)CC4)C(=O)O3)c2c1.COc1ccc2nccc(C3CN(C4CCN(Cc5ccc(Cl)cc5)CC4)C(=O)O3)c2c1. The van der Waals surface area contributed by atoms with Crippen molar-refractivity contribution in [3.63, 3.8) is 0 Å². The number of carbonyl (C=O) groups is 2. The van der Waals surface area contributed by atoms with Crippen LogP contribution >= 0.6 is 11.6 Å². The van der Waals surface area contributed by atoms with E-state index in [1.807, 2.05) is 70.5 Å². The summed E-state index contributed by atoms with van der Waals surface area (Å²) in [6, 6.07) is 30.7. The van der Waals surface area contributed by atoms with Crippen LogP contribution in [0.25, 0.3) is 21.8 Å². The molecule has 2 aromatic heterocycles. The van der Waals surface area contributed by atoms with Crippen molar-refractivity contribution in [2.24, 2.45) is 0 Å². The Balaban J connectivity index is 0.000000164. The number of ether oxygens (including phenoxy) is 4. The van der Waals surface area contributed by atoms with Gasteiger partial charge in [0.2, 0.25) is 0 Å². The minimum atomic E-state index is -0.299. The lowest BCUT2D eigenvalue weighted by molar-refractivity contribution is 0.109. The summed E-state index contributed by atoms with van der Waals surface area (Å²) in [6.07, 6.45) is 6.37. The molecule has 0 spiro atoms. The molecule has 0 bridgehead atoms. The number of methoxy groups -OCH3 is 2. The molecule has 0 N–H and O–H groups in total. The first-order valence-corrected chi connectivity index (χ1v) is 23.1. The first-order valence-electron chi connectivity index (χ1n) is 22.7. The van der Waals surface area contributed by atoms with Gasteiger partial charge in [-0.15, -0.1) is 0 Å². The smallest absolute Gasteiger partial charge is 0.410 e. The van der Waals surface area contributed by atoms with E-state index < -0.39 is 0 Å². The zero-order chi connectivity index (χ0) is 45.0. The molecule has 2 atom stereocenters. The lowest BCUT2D eigenvalue weighted by atomic mass is 10.00. The van der Waals surface area contributed by atoms with Crippen LogP contribution in [0, 0.1) is 13.8 Å². The van der Waals surface area contributed by atoms with Crippen LogP contribution in [0.1, 0.15) is 71.3 Å². The maximum atomic E-state index is 12.8. The molecule has 2 unspecified atom stereocenters. The van der Waals surface area contributed by atoms with Gasteiger partial charge in [-0.3, -0.25) is 19.8 Å². The average Bonchev–Trinajstić information content (AvgIpc) is 3.92. The van der Waals surface area contributed by atoms with Gasteiger partial charge in [0.05, 0.1) is 38.3 Å². The lowest BCUT2D eigenvalue weighted by Gasteiger charge is -2.35. The number of rotatable bonds is 10. The van der Waals surface area contributed by atoms with Gasteiger partial charge in [0.25, 0.3) is 0 Å². The second-order valence-corrected chi connectivity index (χ2v) is 18.1. The molecular weight excluding hydrogens is 840 g/mol. The van der Waals surface area contributed by atoms with E-state index in [0.717, 1.165) is 114 Å². The van der Waals surface area contributed by atoms with Gasteiger partial charge in [0, 0.05) is 90.7 Å². The Kier molecular flexibility index (Phi) is 13.4. The third-order valence-corrected chi connectivity index (χ3v) is 13.9. The third kappa shape index (κ3) is 10.00. The van der Waals surface area contributed by atoms with Crippen molar-refractivity contribution in [2.75, 3.05) is 53.5 Å². The van der Waals surface area contributed by atoms with Crippen molar-refractivity contribution in [3.8, 4) is 11.5 Å². The van der Waals surface area contributed by atoms with E-state index in [1.54, 1.807) is 26.6 Å². The second-order valence-electron chi connectivity index (χ2n) is 17.7. The molecule has 4 saturated heterocycles. The number of likely N-dealkylation sites (tertiary alicyclic amines) is 2. The largest absolute Gasteiger partial charge is 0.497 e. The van der Waals surface area contributed by atoms with Gasteiger partial charge >= 0.3 is 12.2 Å². The van der Waals surface area contributed by atoms with Crippen LogP contribution in [0.15, 0.2) is 103 Å². The molecule has 0 aliphatic carbocycles. The molecule has 0 saturated carbocycles. The van der Waals surface area contributed by atoms with Gasteiger partial charge in [-0.1, -0.05) is 41.9 Å².